The largest absolute Gasteiger partial charge is 0.0620 e. The first-order valence-corrected chi connectivity index (χ1v) is 4.38. The van der Waals surface area contributed by atoms with Crippen molar-refractivity contribution in [2.24, 2.45) is 29.6 Å². The van der Waals surface area contributed by atoms with Gasteiger partial charge in [-0.15, -0.1) is 0 Å². The first kappa shape index (κ1) is 4.76. The molecule has 3 rings (SSSR count). The molecule has 0 saturated heterocycles. The molecule has 0 radical (unpaired) electrons. The van der Waals surface area contributed by atoms with Crippen LogP contribution in [0.5, 0.6) is 0 Å². The van der Waals surface area contributed by atoms with E-state index in [1.807, 2.05) is 0 Å². The molecule has 0 heteroatoms. The molecular weight excluding hydrogens is 108 g/mol. The van der Waals surface area contributed by atoms with E-state index in [-0.39, 0.29) is 0 Å². The fourth-order valence-corrected chi connectivity index (χ4v) is 3.39. The van der Waals surface area contributed by atoms with Crippen LogP contribution in [0, 0.1) is 29.6 Å². The molecule has 0 heterocycles. The Hall–Kier alpha value is 0. The fourth-order valence-electron chi connectivity index (χ4n) is 3.39. The van der Waals surface area contributed by atoms with Gasteiger partial charge < -0.3 is 0 Å². The van der Waals surface area contributed by atoms with Gasteiger partial charge in [-0.25, -0.2) is 0 Å². The second-order valence-corrected chi connectivity index (χ2v) is 4.33. The molecule has 0 amide bonds. The Labute approximate surface area is 56.6 Å². The lowest BCUT2D eigenvalue weighted by Crippen LogP contribution is -2.27. The van der Waals surface area contributed by atoms with Crippen LogP contribution in [0.25, 0.3) is 0 Å². The molecule has 0 aromatic carbocycles. The van der Waals surface area contributed by atoms with Crippen molar-refractivity contribution in [3.63, 3.8) is 0 Å². The van der Waals surface area contributed by atoms with Crippen LogP contribution in [0.1, 0.15) is 26.2 Å². The monoisotopic (exact) mass is 122 g/mol. The van der Waals surface area contributed by atoms with Crippen molar-refractivity contribution >= 4 is 0 Å². The summed E-state index contributed by atoms with van der Waals surface area (Å²) in [5.41, 5.74) is 0. The first-order valence-electron chi connectivity index (χ1n) is 4.38. The normalized spacial score (nSPS) is 68.3. The summed E-state index contributed by atoms with van der Waals surface area (Å²) < 4.78 is 0. The molecule has 0 bridgehead atoms. The standard InChI is InChI=1S/C9H14/c1-5-6-2-3-7(6)9-4-8(5)9/h5-9H,2-4H2,1H3. The van der Waals surface area contributed by atoms with Crippen molar-refractivity contribution in [1.29, 1.82) is 0 Å². The van der Waals surface area contributed by atoms with Crippen LogP contribution in [-0.4, -0.2) is 0 Å². The first-order chi connectivity index (χ1) is 4.38. The summed E-state index contributed by atoms with van der Waals surface area (Å²) in [6.45, 7) is 2.48. The van der Waals surface area contributed by atoms with Crippen molar-refractivity contribution in [2.45, 2.75) is 26.2 Å². The highest BCUT2D eigenvalue weighted by atomic mass is 14.6. The molecule has 9 heavy (non-hydrogen) atoms. The summed E-state index contributed by atoms with van der Waals surface area (Å²) in [5, 5.41) is 0. The Morgan fingerprint density at radius 2 is 1.67 bits per heavy atom. The molecule has 3 aliphatic carbocycles. The van der Waals surface area contributed by atoms with Crippen LogP contribution in [0.15, 0.2) is 0 Å². The summed E-state index contributed by atoms with van der Waals surface area (Å²) >= 11 is 0. The minimum atomic E-state index is 1.12. The summed E-state index contributed by atoms with van der Waals surface area (Å²) in [4.78, 5) is 0. The van der Waals surface area contributed by atoms with Crippen LogP contribution in [0.4, 0.5) is 0 Å². The van der Waals surface area contributed by atoms with Crippen molar-refractivity contribution in [2.75, 3.05) is 0 Å². The molecule has 0 aromatic heterocycles. The number of rotatable bonds is 0. The van der Waals surface area contributed by atoms with E-state index < -0.39 is 0 Å². The zero-order valence-corrected chi connectivity index (χ0v) is 6.01. The van der Waals surface area contributed by atoms with E-state index in [9.17, 15) is 0 Å². The highest BCUT2D eigenvalue weighted by molar-refractivity contribution is 5.09. The maximum Gasteiger partial charge on any atom is -0.0349 e. The van der Waals surface area contributed by atoms with E-state index in [0.29, 0.717) is 0 Å². The van der Waals surface area contributed by atoms with E-state index in [0.717, 1.165) is 5.92 Å². The van der Waals surface area contributed by atoms with Gasteiger partial charge >= 0.3 is 0 Å². The smallest absolute Gasteiger partial charge is 0.0349 e. The number of hydrogen-bond donors (Lipinski definition) is 0. The fraction of sp³-hybridized carbons (Fsp3) is 1.00. The number of hydrogen-bond acceptors (Lipinski definition) is 0. The van der Waals surface area contributed by atoms with Crippen molar-refractivity contribution in [1.82, 2.24) is 0 Å². The molecule has 5 atom stereocenters. The highest BCUT2D eigenvalue weighted by Crippen LogP contribution is 2.67. The summed E-state index contributed by atoms with van der Waals surface area (Å²) in [6.07, 6.45) is 4.75. The maximum atomic E-state index is 2.48. The molecule has 0 aromatic rings. The van der Waals surface area contributed by atoms with Crippen molar-refractivity contribution < 1.29 is 0 Å². The summed E-state index contributed by atoms with van der Waals surface area (Å²) in [6, 6.07) is 0. The van der Waals surface area contributed by atoms with Gasteiger partial charge in [-0.3, -0.25) is 0 Å². The van der Waals surface area contributed by atoms with Gasteiger partial charge in [-0.2, -0.15) is 0 Å². The molecule has 50 valence electrons. The molecule has 0 nitrogen and oxygen atoms in total. The SMILES string of the molecule is CC1C2CCC2C2CC12. The van der Waals surface area contributed by atoms with Crippen LogP contribution in [0.2, 0.25) is 0 Å². The third-order valence-corrected chi connectivity index (χ3v) is 4.18. The van der Waals surface area contributed by atoms with Gasteiger partial charge in [0.25, 0.3) is 0 Å². The van der Waals surface area contributed by atoms with Gasteiger partial charge in [-0.1, -0.05) is 6.92 Å². The van der Waals surface area contributed by atoms with Gasteiger partial charge in [0.05, 0.1) is 0 Å². The Balaban J connectivity index is 1.92. The Morgan fingerprint density at radius 3 is 2.00 bits per heavy atom. The van der Waals surface area contributed by atoms with E-state index >= 15 is 0 Å². The van der Waals surface area contributed by atoms with Gasteiger partial charge in [0.15, 0.2) is 0 Å². The summed E-state index contributed by atoms with van der Waals surface area (Å²) in [5.74, 6) is 5.94. The molecule has 3 saturated carbocycles. The lowest BCUT2D eigenvalue weighted by Gasteiger charge is -2.36. The van der Waals surface area contributed by atoms with E-state index in [2.05, 4.69) is 6.92 Å². The average molecular weight is 122 g/mol. The van der Waals surface area contributed by atoms with E-state index in [4.69, 9.17) is 0 Å². The third kappa shape index (κ3) is 0.395. The number of fused-ring (bicyclic) bond motifs is 3. The van der Waals surface area contributed by atoms with Gasteiger partial charge in [0.2, 0.25) is 0 Å². The molecule has 0 N–H and O–H groups in total. The second kappa shape index (κ2) is 1.21. The molecule has 3 fully saturated rings. The molecule has 0 spiro atoms. The van der Waals surface area contributed by atoms with Gasteiger partial charge in [0.1, 0.15) is 0 Å². The predicted molar refractivity (Wildman–Crippen MR) is 37.0 cm³/mol. The third-order valence-electron chi connectivity index (χ3n) is 4.18. The minimum Gasteiger partial charge on any atom is -0.0620 e. The van der Waals surface area contributed by atoms with Crippen LogP contribution in [-0.2, 0) is 0 Å². The zero-order chi connectivity index (χ0) is 6.01. The van der Waals surface area contributed by atoms with Crippen LogP contribution < -0.4 is 0 Å². The van der Waals surface area contributed by atoms with Gasteiger partial charge in [0, 0.05) is 0 Å². The maximum absolute atomic E-state index is 2.48. The Bertz CT molecular complexity index is 135. The molecule has 5 unspecified atom stereocenters. The minimum absolute atomic E-state index is 1.12. The van der Waals surface area contributed by atoms with Crippen molar-refractivity contribution in [3.8, 4) is 0 Å². The lowest BCUT2D eigenvalue weighted by molar-refractivity contribution is 0.141. The second-order valence-electron chi connectivity index (χ2n) is 4.33. The average Bonchev–Trinajstić information content (AvgIpc) is 2.38. The molecule has 0 aliphatic heterocycles. The Morgan fingerprint density at radius 1 is 0.889 bits per heavy atom. The predicted octanol–water partition coefficient (Wildman–Crippen LogP) is 2.30. The van der Waals surface area contributed by atoms with E-state index in [1.54, 1.807) is 19.3 Å². The quantitative estimate of drug-likeness (QED) is 0.462. The Kier molecular flexibility index (Phi) is 0.640. The molecular formula is C9H14. The highest BCUT2D eigenvalue weighted by Gasteiger charge is 2.60. The summed E-state index contributed by atoms with van der Waals surface area (Å²) in [7, 11) is 0. The topological polar surface area (TPSA) is 0 Å². The van der Waals surface area contributed by atoms with Crippen molar-refractivity contribution in [3.05, 3.63) is 0 Å². The van der Waals surface area contributed by atoms with Gasteiger partial charge in [-0.05, 0) is 48.9 Å². The van der Waals surface area contributed by atoms with Crippen LogP contribution >= 0.6 is 0 Å². The zero-order valence-electron chi connectivity index (χ0n) is 6.01. The molecule has 3 aliphatic rings. The van der Waals surface area contributed by atoms with Crippen LogP contribution in [0.3, 0.4) is 0 Å². The van der Waals surface area contributed by atoms with E-state index in [1.165, 1.54) is 23.7 Å². The lowest BCUT2D eigenvalue weighted by atomic mass is 9.70.